The number of likely N-dealkylation sites (tertiary alicyclic amines) is 1. The number of carboxylic acids is 1. The van der Waals surface area contributed by atoms with Crippen molar-refractivity contribution in [2.45, 2.75) is 64.6 Å². The van der Waals surface area contributed by atoms with Gasteiger partial charge in [-0.3, -0.25) is 38.9 Å². The number of hydroxylamine groups is 2. The highest BCUT2D eigenvalue weighted by Gasteiger charge is 2.40. The minimum atomic E-state index is -1.16. The summed E-state index contributed by atoms with van der Waals surface area (Å²) < 4.78 is 0. The molecule has 14 heteroatoms. The molecule has 0 aromatic heterocycles. The van der Waals surface area contributed by atoms with Gasteiger partial charge in [0.2, 0.25) is 23.6 Å². The van der Waals surface area contributed by atoms with E-state index in [1.54, 1.807) is 13.8 Å². The minimum absolute atomic E-state index is 0.132. The van der Waals surface area contributed by atoms with Crippen molar-refractivity contribution < 1.29 is 38.8 Å². The van der Waals surface area contributed by atoms with Crippen molar-refractivity contribution in [1.29, 1.82) is 0 Å². The van der Waals surface area contributed by atoms with Crippen molar-refractivity contribution in [3.63, 3.8) is 0 Å². The number of carbonyl (C=O) groups excluding carboxylic acids is 4. The summed E-state index contributed by atoms with van der Waals surface area (Å²) in [6, 6.07) is 2.31. The molecular weight excluding hydrogens is 502 g/mol. The first-order chi connectivity index (χ1) is 17.9. The van der Waals surface area contributed by atoms with Crippen LogP contribution in [0, 0.1) is 16.0 Å². The van der Waals surface area contributed by atoms with Crippen molar-refractivity contribution >= 4 is 41.0 Å². The average Bonchev–Trinajstić information content (AvgIpc) is 3.36. The summed E-state index contributed by atoms with van der Waals surface area (Å²) in [5, 5.41) is 25.8. The van der Waals surface area contributed by atoms with Gasteiger partial charge in [0.15, 0.2) is 0 Å². The van der Waals surface area contributed by atoms with Crippen molar-refractivity contribution in [3.05, 3.63) is 34.4 Å². The molecule has 1 aliphatic heterocycles. The van der Waals surface area contributed by atoms with Gasteiger partial charge in [-0.1, -0.05) is 13.8 Å². The van der Waals surface area contributed by atoms with Gasteiger partial charge in [-0.25, -0.2) is 5.06 Å². The summed E-state index contributed by atoms with van der Waals surface area (Å²) in [6.07, 6.45) is 0.0916. The molecule has 2 rings (SSSR count). The number of carbonyl (C=O) groups is 5. The molecule has 1 aliphatic rings. The second-order valence-corrected chi connectivity index (χ2v) is 9.18. The quantitative estimate of drug-likeness (QED) is 0.262. The zero-order valence-corrected chi connectivity index (χ0v) is 21.7. The predicted octanol–water partition coefficient (Wildman–Crippen LogP) is 1.31. The van der Waals surface area contributed by atoms with E-state index in [-0.39, 0.29) is 24.6 Å². The lowest BCUT2D eigenvalue weighted by Crippen LogP contribution is -2.56. The highest BCUT2D eigenvalue weighted by Crippen LogP contribution is 2.22. The Morgan fingerprint density at radius 2 is 1.79 bits per heavy atom. The number of nitrogens with zero attached hydrogens (tertiary/aromatic N) is 3. The molecule has 1 aromatic rings. The molecular formula is C24H33N5O9. The summed E-state index contributed by atoms with van der Waals surface area (Å²) in [7, 11) is 1.19. The molecule has 0 spiro atoms. The van der Waals surface area contributed by atoms with Gasteiger partial charge in [-0.05, 0) is 37.8 Å². The van der Waals surface area contributed by atoms with Gasteiger partial charge in [0.25, 0.3) is 5.69 Å². The molecule has 38 heavy (non-hydrogen) atoms. The lowest BCUT2D eigenvalue weighted by molar-refractivity contribution is -0.384. The largest absolute Gasteiger partial charge is 0.481 e. The van der Waals surface area contributed by atoms with Gasteiger partial charge in [0.1, 0.15) is 18.1 Å². The van der Waals surface area contributed by atoms with E-state index in [0.29, 0.717) is 18.5 Å². The van der Waals surface area contributed by atoms with Crippen LogP contribution in [0.1, 0.15) is 46.5 Å². The summed E-state index contributed by atoms with van der Waals surface area (Å²) in [5.41, 5.74) is 0.187. The number of aliphatic carboxylic acids is 1. The summed E-state index contributed by atoms with van der Waals surface area (Å²) in [6.45, 7) is 5.15. The number of rotatable bonds is 12. The lowest BCUT2D eigenvalue weighted by atomic mass is 10.0. The highest BCUT2D eigenvalue weighted by molar-refractivity contribution is 5.99. The first-order valence-electron chi connectivity index (χ1n) is 12.1. The van der Waals surface area contributed by atoms with Crippen molar-refractivity contribution in [2.75, 3.05) is 19.0 Å². The number of anilines is 1. The van der Waals surface area contributed by atoms with E-state index in [9.17, 15) is 34.1 Å². The Hall–Kier alpha value is -4.07. The third-order valence-corrected chi connectivity index (χ3v) is 6.14. The Kier molecular flexibility index (Phi) is 10.7. The molecule has 3 N–H and O–H groups in total. The van der Waals surface area contributed by atoms with Crippen LogP contribution < -0.4 is 10.6 Å². The molecule has 1 fully saturated rings. The van der Waals surface area contributed by atoms with Crippen LogP contribution in [0.4, 0.5) is 11.4 Å². The standard InChI is InChI=1S/C24H33N5O9/c1-14(2)21(23(34)25-16-7-9-17(10-8-16)29(36)37)26-22(33)18-6-5-13-27(18)24(35)15(3)28(38-4)19(30)11-12-20(31)32/h7-10,14-15,18,21H,5-6,11-13H2,1-4H3,(H,25,34)(H,26,33)(H,31,32)/t15-,18-,21-/m0/s1. The molecule has 1 heterocycles. The Bertz CT molecular complexity index is 1060. The lowest BCUT2D eigenvalue weighted by Gasteiger charge is -2.32. The van der Waals surface area contributed by atoms with Crippen LogP contribution in [-0.4, -0.2) is 81.4 Å². The van der Waals surface area contributed by atoms with Gasteiger partial charge in [-0.15, -0.1) is 0 Å². The molecule has 0 saturated carbocycles. The molecule has 1 aromatic carbocycles. The maximum absolute atomic E-state index is 13.2. The van der Waals surface area contributed by atoms with E-state index in [0.717, 1.165) is 5.06 Å². The Labute approximate surface area is 219 Å². The molecule has 4 amide bonds. The van der Waals surface area contributed by atoms with Gasteiger partial charge in [0, 0.05) is 30.8 Å². The summed E-state index contributed by atoms with van der Waals surface area (Å²) in [5.74, 6) is -3.79. The normalized spacial score (nSPS) is 16.4. The van der Waals surface area contributed by atoms with Gasteiger partial charge < -0.3 is 20.6 Å². The molecule has 208 valence electrons. The van der Waals surface area contributed by atoms with Crippen LogP contribution in [0.2, 0.25) is 0 Å². The second kappa shape index (κ2) is 13.5. The maximum atomic E-state index is 13.2. The van der Waals surface area contributed by atoms with Crippen LogP contribution in [-0.2, 0) is 28.8 Å². The fourth-order valence-electron chi connectivity index (χ4n) is 4.11. The van der Waals surface area contributed by atoms with Gasteiger partial charge in [0.05, 0.1) is 18.5 Å². The number of benzene rings is 1. The monoisotopic (exact) mass is 535 g/mol. The van der Waals surface area contributed by atoms with Crippen molar-refractivity contribution in [1.82, 2.24) is 15.3 Å². The summed E-state index contributed by atoms with van der Waals surface area (Å²) in [4.78, 5) is 79.1. The molecule has 0 unspecified atom stereocenters. The number of hydrogen-bond donors (Lipinski definition) is 3. The molecule has 0 aliphatic carbocycles. The summed E-state index contributed by atoms with van der Waals surface area (Å²) >= 11 is 0. The minimum Gasteiger partial charge on any atom is -0.481 e. The third kappa shape index (κ3) is 7.71. The van der Waals surface area contributed by atoms with E-state index >= 15 is 0 Å². The average molecular weight is 536 g/mol. The van der Waals surface area contributed by atoms with Crippen LogP contribution in [0.15, 0.2) is 24.3 Å². The zero-order chi connectivity index (χ0) is 28.6. The fourth-order valence-corrected chi connectivity index (χ4v) is 4.11. The number of nitro groups is 1. The van der Waals surface area contributed by atoms with Crippen molar-refractivity contribution in [3.8, 4) is 0 Å². The van der Waals surface area contributed by atoms with E-state index in [2.05, 4.69) is 10.6 Å². The topological polar surface area (TPSA) is 188 Å². The fraction of sp³-hybridized carbons (Fsp3) is 0.542. The number of nitrogens with one attached hydrogen (secondary N) is 2. The molecule has 3 atom stereocenters. The highest BCUT2D eigenvalue weighted by atomic mass is 16.7. The number of hydrogen-bond acceptors (Lipinski definition) is 8. The van der Waals surface area contributed by atoms with E-state index in [1.807, 2.05) is 0 Å². The Morgan fingerprint density at radius 3 is 2.32 bits per heavy atom. The van der Waals surface area contributed by atoms with Crippen LogP contribution >= 0.6 is 0 Å². The molecule has 1 saturated heterocycles. The predicted molar refractivity (Wildman–Crippen MR) is 133 cm³/mol. The smallest absolute Gasteiger partial charge is 0.303 e. The maximum Gasteiger partial charge on any atom is 0.303 e. The first-order valence-corrected chi connectivity index (χ1v) is 12.1. The van der Waals surface area contributed by atoms with E-state index in [1.165, 1.54) is 43.2 Å². The molecule has 14 nitrogen and oxygen atoms in total. The second-order valence-electron chi connectivity index (χ2n) is 9.18. The third-order valence-electron chi connectivity index (χ3n) is 6.14. The van der Waals surface area contributed by atoms with Crippen LogP contribution in [0.5, 0.6) is 0 Å². The number of carboxylic acid groups (broad SMARTS) is 1. The number of amides is 4. The number of non-ortho nitro benzene ring substituents is 1. The van der Waals surface area contributed by atoms with Gasteiger partial charge >= 0.3 is 5.97 Å². The Balaban J connectivity index is 2.09. The van der Waals surface area contributed by atoms with Crippen molar-refractivity contribution in [2.24, 2.45) is 5.92 Å². The zero-order valence-electron chi connectivity index (χ0n) is 21.7. The van der Waals surface area contributed by atoms with Crippen LogP contribution in [0.3, 0.4) is 0 Å². The Morgan fingerprint density at radius 1 is 1.16 bits per heavy atom. The SMILES string of the molecule is CON(C(=O)CCC(=O)O)[C@@H](C)C(=O)N1CCC[C@H]1C(=O)N[C@H](C(=O)Nc1ccc([N+](=O)[O-])cc1)C(C)C. The molecule has 0 bridgehead atoms. The molecule has 0 radical (unpaired) electrons. The number of nitro benzene ring substituents is 1. The van der Waals surface area contributed by atoms with Gasteiger partial charge in [-0.2, -0.15) is 0 Å². The van der Waals surface area contributed by atoms with Crippen LogP contribution in [0.25, 0.3) is 0 Å². The van der Waals surface area contributed by atoms with E-state index in [4.69, 9.17) is 9.94 Å². The van der Waals surface area contributed by atoms with E-state index < -0.39 is 59.1 Å². The first kappa shape index (κ1) is 30.2.